The van der Waals surface area contributed by atoms with Gasteiger partial charge in [0.05, 0.1) is 0 Å². The lowest BCUT2D eigenvalue weighted by atomic mass is 9.97. The molecular weight excluding hydrogens is 462 g/mol. The lowest BCUT2D eigenvalue weighted by Crippen LogP contribution is -1.94. The van der Waals surface area contributed by atoms with Gasteiger partial charge in [-0.15, -0.1) is 0 Å². The fourth-order valence-corrected chi connectivity index (χ4v) is 3.81. The Bertz CT molecular complexity index is 1360. The van der Waals surface area contributed by atoms with E-state index in [1.807, 2.05) is 24.3 Å². The molecule has 0 nitrogen and oxygen atoms in total. The monoisotopic (exact) mass is 482 g/mol. The minimum absolute atomic E-state index is 0.0359. The maximum Gasteiger partial charge on any atom is 0.194 e. The Morgan fingerprint density at radius 2 is 1.06 bits per heavy atom. The van der Waals surface area contributed by atoms with Crippen LogP contribution in [-0.2, 0) is 12.8 Å². The highest BCUT2D eigenvalue weighted by atomic mass is 19.2. The highest BCUT2D eigenvalue weighted by molar-refractivity contribution is 5.71. The van der Waals surface area contributed by atoms with Crippen LogP contribution in [0, 0.1) is 23.3 Å². The van der Waals surface area contributed by atoms with Crippen molar-refractivity contribution in [2.75, 3.05) is 0 Å². The Morgan fingerprint density at radius 1 is 0.571 bits per heavy atom. The van der Waals surface area contributed by atoms with Gasteiger partial charge in [-0.1, -0.05) is 60.7 Å². The highest BCUT2D eigenvalue weighted by Gasteiger charge is 2.15. The molecule has 0 aliphatic heterocycles. The van der Waals surface area contributed by atoms with Gasteiger partial charge in [-0.2, -0.15) is 0 Å². The first-order chi connectivity index (χ1) is 16.7. The zero-order valence-electron chi connectivity index (χ0n) is 18.7. The van der Waals surface area contributed by atoms with E-state index in [1.54, 1.807) is 30.3 Å². The molecule has 35 heavy (non-hydrogen) atoms. The second kappa shape index (κ2) is 10.2. The van der Waals surface area contributed by atoms with Gasteiger partial charge in [0.1, 0.15) is 11.6 Å². The first kappa shape index (κ1) is 24.3. The van der Waals surface area contributed by atoms with Gasteiger partial charge >= 0.3 is 0 Å². The maximum absolute atomic E-state index is 14.7. The number of hydrogen-bond donors (Lipinski definition) is 0. The zero-order chi connectivity index (χ0) is 25.1. The molecule has 4 rings (SSSR count). The fraction of sp³-hybridized carbons (Fsp3) is 0.103. The van der Waals surface area contributed by atoms with Gasteiger partial charge < -0.3 is 0 Å². The first-order valence-electron chi connectivity index (χ1n) is 10.9. The van der Waals surface area contributed by atoms with Crippen LogP contribution in [0.2, 0.25) is 0 Å². The average Bonchev–Trinajstić information content (AvgIpc) is 2.86. The van der Waals surface area contributed by atoms with Crippen LogP contribution in [-0.4, -0.2) is 0 Å². The lowest BCUT2D eigenvalue weighted by Gasteiger charge is -2.09. The third kappa shape index (κ3) is 5.48. The number of rotatable bonds is 6. The third-order valence-corrected chi connectivity index (χ3v) is 5.76. The molecule has 0 heterocycles. The molecule has 0 spiro atoms. The summed E-state index contributed by atoms with van der Waals surface area (Å²) in [5.41, 5.74) is 3.43. The van der Waals surface area contributed by atoms with Crippen molar-refractivity contribution < 1.29 is 26.3 Å². The molecule has 0 saturated carbocycles. The van der Waals surface area contributed by atoms with Gasteiger partial charge in [0, 0.05) is 11.1 Å². The molecule has 0 unspecified atom stereocenters. The Labute approximate surface area is 199 Å². The molecule has 4 aromatic rings. The van der Waals surface area contributed by atoms with Gasteiger partial charge in [0.15, 0.2) is 23.3 Å². The van der Waals surface area contributed by atoms with Gasteiger partial charge in [0.25, 0.3) is 0 Å². The lowest BCUT2D eigenvalue weighted by molar-refractivity contribution is 0.447. The third-order valence-electron chi connectivity index (χ3n) is 5.76. The van der Waals surface area contributed by atoms with Crippen molar-refractivity contribution in [2.45, 2.75) is 19.8 Å². The smallest absolute Gasteiger partial charge is 0.194 e. The molecule has 0 amide bonds. The van der Waals surface area contributed by atoms with Crippen LogP contribution in [0.4, 0.5) is 26.3 Å². The normalized spacial score (nSPS) is 12.0. The summed E-state index contributed by atoms with van der Waals surface area (Å²) in [5.74, 6) is -6.77. The largest absolute Gasteiger partial charge is 0.209 e. The molecule has 0 saturated heterocycles. The van der Waals surface area contributed by atoms with Crippen molar-refractivity contribution in [3.8, 4) is 22.3 Å². The average molecular weight is 482 g/mol. The molecule has 178 valence electrons. The van der Waals surface area contributed by atoms with Gasteiger partial charge in [0.2, 0.25) is 0 Å². The first-order valence-corrected chi connectivity index (χ1v) is 10.9. The number of hydrogen-bond acceptors (Lipinski definition) is 0. The fourth-order valence-electron chi connectivity index (χ4n) is 3.81. The van der Waals surface area contributed by atoms with Gasteiger partial charge in [-0.3, -0.25) is 0 Å². The van der Waals surface area contributed by atoms with E-state index >= 15 is 0 Å². The number of halogens is 6. The summed E-state index contributed by atoms with van der Waals surface area (Å²) in [5, 5.41) is 0. The van der Waals surface area contributed by atoms with Crippen LogP contribution < -0.4 is 0 Å². The summed E-state index contributed by atoms with van der Waals surface area (Å²) in [4.78, 5) is 0. The number of aryl methyl sites for hydroxylation is 2. The van der Waals surface area contributed by atoms with E-state index in [2.05, 4.69) is 0 Å². The minimum Gasteiger partial charge on any atom is -0.209 e. The van der Waals surface area contributed by atoms with Crippen molar-refractivity contribution in [3.63, 3.8) is 0 Å². The van der Waals surface area contributed by atoms with Crippen molar-refractivity contribution in [2.24, 2.45) is 0 Å². The molecule has 0 aromatic heterocycles. The minimum atomic E-state index is -1.60. The van der Waals surface area contributed by atoms with E-state index < -0.39 is 34.9 Å². The van der Waals surface area contributed by atoms with Crippen molar-refractivity contribution in [1.29, 1.82) is 0 Å². The van der Waals surface area contributed by atoms with E-state index in [0.29, 0.717) is 12.0 Å². The van der Waals surface area contributed by atoms with Gasteiger partial charge in [-0.25, -0.2) is 26.3 Å². The predicted molar refractivity (Wildman–Crippen MR) is 126 cm³/mol. The topological polar surface area (TPSA) is 0 Å². The molecule has 4 aromatic carbocycles. The molecule has 0 aliphatic carbocycles. The van der Waals surface area contributed by atoms with Gasteiger partial charge in [-0.05, 0) is 65.8 Å². The molecule has 0 fully saturated rings. The molecule has 6 heteroatoms. The van der Waals surface area contributed by atoms with Crippen LogP contribution in [0.15, 0.2) is 84.7 Å². The summed E-state index contributed by atoms with van der Waals surface area (Å²) >= 11 is 0. The Morgan fingerprint density at radius 3 is 1.57 bits per heavy atom. The highest BCUT2D eigenvalue weighted by Crippen LogP contribution is 2.30. The molecular formula is C29H20F6. The SMILES string of the molecule is C/C(F)=C(\F)c1ccc(CCc2ccc(-c3ccc(-c4cc(F)c(F)c(F)c4)c(F)c3)cc2)cc1. The molecule has 0 N–H and O–H groups in total. The van der Waals surface area contributed by atoms with Crippen LogP contribution in [0.5, 0.6) is 0 Å². The van der Waals surface area contributed by atoms with E-state index in [1.165, 1.54) is 12.1 Å². The maximum atomic E-state index is 14.7. The van der Waals surface area contributed by atoms with E-state index in [9.17, 15) is 26.3 Å². The number of allylic oxidation sites excluding steroid dienone is 1. The van der Waals surface area contributed by atoms with E-state index in [4.69, 9.17) is 0 Å². The summed E-state index contributed by atoms with van der Waals surface area (Å²) in [6.45, 7) is 1.07. The van der Waals surface area contributed by atoms with Crippen LogP contribution in [0.1, 0.15) is 23.6 Å². The second-order valence-electron chi connectivity index (χ2n) is 8.19. The molecule has 0 aliphatic rings. The van der Waals surface area contributed by atoms with Crippen molar-refractivity contribution in [1.82, 2.24) is 0 Å². The second-order valence-corrected chi connectivity index (χ2v) is 8.19. The molecule has 0 atom stereocenters. The van der Waals surface area contributed by atoms with Crippen LogP contribution in [0.25, 0.3) is 28.1 Å². The quantitative estimate of drug-likeness (QED) is 0.190. The molecule has 0 radical (unpaired) electrons. The van der Waals surface area contributed by atoms with Crippen molar-refractivity contribution >= 4 is 5.83 Å². The summed E-state index contributed by atoms with van der Waals surface area (Å²) in [6, 6.07) is 19.9. The zero-order valence-corrected chi connectivity index (χ0v) is 18.7. The number of benzene rings is 4. The Hall–Kier alpha value is -3.80. The van der Waals surface area contributed by atoms with E-state index in [0.717, 1.165) is 42.2 Å². The van der Waals surface area contributed by atoms with E-state index in [-0.39, 0.29) is 16.7 Å². The summed E-state index contributed by atoms with van der Waals surface area (Å²) < 4.78 is 81.6. The molecule has 0 bridgehead atoms. The summed E-state index contributed by atoms with van der Waals surface area (Å²) in [7, 11) is 0. The Balaban J connectivity index is 1.45. The summed E-state index contributed by atoms with van der Waals surface area (Å²) in [6.07, 6.45) is 1.42. The van der Waals surface area contributed by atoms with Crippen LogP contribution in [0.3, 0.4) is 0 Å². The van der Waals surface area contributed by atoms with Crippen LogP contribution >= 0.6 is 0 Å². The predicted octanol–water partition coefficient (Wildman–Crippen LogP) is 8.99. The van der Waals surface area contributed by atoms with Crippen molar-refractivity contribution in [3.05, 3.63) is 125 Å². The Kier molecular flexibility index (Phi) is 7.10. The standard InChI is InChI=1S/C29H20F6/c1-17(30)28(34)21-10-6-19(7-11-21)3-2-18-4-8-20(9-5-18)22-12-13-24(25(31)14-22)23-15-26(32)29(35)27(33)16-23/h4-16H,2-3H2,1H3/b28-17+.